The van der Waals surface area contributed by atoms with Gasteiger partial charge in [0.15, 0.2) is 0 Å². The Kier molecular flexibility index (Phi) is 6.88. The highest BCUT2D eigenvalue weighted by molar-refractivity contribution is 8.78. The van der Waals surface area contributed by atoms with E-state index in [0.717, 1.165) is 5.25 Å². The molecule has 0 aliphatic rings. The topological polar surface area (TPSA) is 0 Å². The minimum absolute atomic E-state index is 0.784. The van der Waals surface area contributed by atoms with Gasteiger partial charge in [-0.05, 0) is 18.8 Å². The fourth-order valence-corrected chi connectivity index (χ4v) is 2.25. The van der Waals surface area contributed by atoms with Gasteiger partial charge in [-0.25, -0.2) is 0 Å². The van der Waals surface area contributed by atoms with Crippen molar-refractivity contribution in [1.82, 2.24) is 0 Å². The van der Waals surface area contributed by atoms with Crippen LogP contribution in [-0.4, -0.2) is 5.25 Å². The molecule has 54 valence electrons. The maximum atomic E-state index is 2.25. The lowest BCUT2D eigenvalue weighted by atomic mass is 10.4. The van der Waals surface area contributed by atoms with E-state index in [1.54, 1.807) is 0 Å². The number of allylic oxidation sites excluding steroid dienone is 1. The van der Waals surface area contributed by atoms with Crippen molar-refractivity contribution < 1.29 is 0 Å². The highest BCUT2D eigenvalue weighted by Crippen LogP contribution is 2.28. The van der Waals surface area contributed by atoms with Gasteiger partial charge >= 0.3 is 0 Å². The van der Waals surface area contributed by atoms with Crippen LogP contribution in [0, 0.1) is 0 Å². The van der Waals surface area contributed by atoms with E-state index in [1.807, 2.05) is 28.5 Å². The van der Waals surface area contributed by atoms with Crippen LogP contribution in [0.2, 0.25) is 0 Å². The van der Waals surface area contributed by atoms with Crippen molar-refractivity contribution in [3.05, 3.63) is 11.5 Å². The molecule has 0 saturated carbocycles. The molecule has 0 aliphatic carbocycles. The Bertz CT molecular complexity index is 79.0. The molecule has 0 amide bonds. The van der Waals surface area contributed by atoms with Gasteiger partial charge in [0.2, 0.25) is 0 Å². The molecule has 2 heteroatoms. The first-order valence-corrected chi connectivity index (χ1v) is 5.52. The molecule has 9 heavy (non-hydrogen) atoms. The first-order valence-electron chi connectivity index (χ1n) is 3.24. The van der Waals surface area contributed by atoms with Crippen LogP contribution in [0.4, 0.5) is 0 Å². The van der Waals surface area contributed by atoms with Crippen LogP contribution in [0.1, 0.15) is 27.2 Å². The quantitative estimate of drug-likeness (QED) is 0.578. The summed E-state index contributed by atoms with van der Waals surface area (Å²) in [5.74, 6) is 0. The monoisotopic (exact) mass is 162 g/mol. The second-order valence-corrected chi connectivity index (χ2v) is 4.50. The fraction of sp³-hybridized carbons (Fsp3) is 0.714. The SMILES string of the molecule is C/C=C/SS[C@@H](C)CC. The molecule has 0 aromatic rings. The highest BCUT2D eigenvalue weighted by atomic mass is 33.1. The molecule has 0 aromatic heterocycles. The summed E-state index contributed by atoms with van der Waals surface area (Å²) in [6.07, 6.45) is 3.33. The molecular weight excluding hydrogens is 148 g/mol. The van der Waals surface area contributed by atoms with E-state index in [9.17, 15) is 0 Å². The molecule has 0 bridgehead atoms. The highest BCUT2D eigenvalue weighted by Gasteiger charge is 1.95. The molecule has 0 nitrogen and oxygen atoms in total. The minimum Gasteiger partial charge on any atom is -0.0864 e. The van der Waals surface area contributed by atoms with Gasteiger partial charge in [-0.2, -0.15) is 0 Å². The summed E-state index contributed by atoms with van der Waals surface area (Å²) in [7, 11) is 3.75. The van der Waals surface area contributed by atoms with Crippen molar-refractivity contribution in [3.8, 4) is 0 Å². The van der Waals surface area contributed by atoms with E-state index < -0.39 is 0 Å². The Morgan fingerprint density at radius 3 is 2.67 bits per heavy atom. The third kappa shape index (κ3) is 6.32. The van der Waals surface area contributed by atoms with E-state index in [2.05, 4.69) is 25.3 Å². The standard InChI is InChI=1S/C7H14S2/c1-4-6-8-9-7(3)5-2/h4,6-7H,5H2,1-3H3/b6-4+/t7-/m0/s1. The number of rotatable bonds is 4. The van der Waals surface area contributed by atoms with Crippen LogP contribution in [0.15, 0.2) is 11.5 Å². The van der Waals surface area contributed by atoms with Crippen molar-refractivity contribution in [2.24, 2.45) is 0 Å². The fourth-order valence-electron chi connectivity index (χ4n) is 0.251. The second kappa shape index (κ2) is 6.56. The van der Waals surface area contributed by atoms with Crippen LogP contribution in [0.25, 0.3) is 0 Å². The van der Waals surface area contributed by atoms with Crippen LogP contribution in [0.5, 0.6) is 0 Å². The van der Waals surface area contributed by atoms with E-state index in [4.69, 9.17) is 0 Å². The summed E-state index contributed by atoms with van der Waals surface area (Å²) < 4.78 is 0. The van der Waals surface area contributed by atoms with Crippen molar-refractivity contribution in [2.45, 2.75) is 32.4 Å². The van der Waals surface area contributed by atoms with Crippen molar-refractivity contribution in [3.63, 3.8) is 0 Å². The first-order chi connectivity index (χ1) is 4.31. The van der Waals surface area contributed by atoms with E-state index >= 15 is 0 Å². The predicted octanol–water partition coefficient (Wildman–Crippen LogP) is 3.70. The molecule has 0 fully saturated rings. The molecule has 0 radical (unpaired) electrons. The Morgan fingerprint density at radius 2 is 2.22 bits per heavy atom. The molecule has 1 atom stereocenters. The zero-order valence-electron chi connectivity index (χ0n) is 6.26. The molecule has 0 aliphatic heterocycles. The minimum atomic E-state index is 0.784. The zero-order valence-corrected chi connectivity index (χ0v) is 7.89. The van der Waals surface area contributed by atoms with Crippen molar-refractivity contribution >= 4 is 21.6 Å². The Balaban J connectivity index is 3.06. The summed E-state index contributed by atoms with van der Waals surface area (Å²) in [4.78, 5) is 0. The average molecular weight is 162 g/mol. The molecule has 0 N–H and O–H groups in total. The summed E-state index contributed by atoms with van der Waals surface area (Å²) in [5, 5.41) is 2.91. The molecule has 0 unspecified atom stereocenters. The molecule has 0 spiro atoms. The molecule has 0 heterocycles. The second-order valence-electron chi connectivity index (χ2n) is 1.88. The van der Waals surface area contributed by atoms with Gasteiger partial charge in [0.25, 0.3) is 0 Å². The maximum Gasteiger partial charge on any atom is 0.0123 e. The average Bonchev–Trinajstić information content (AvgIpc) is 1.89. The molecular formula is C7H14S2. The van der Waals surface area contributed by atoms with Gasteiger partial charge in [0.1, 0.15) is 0 Å². The summed E-state index contributed by atoms with van der Waals surface area (Å²) >= 11 is 0. The van der Waals surface area contributed by atoms with Gasteiger partial charge < -0.3 is 0 Å². The Labute approximate surface area is 65.9 Å². The van der Waals surface area contributed by atoms with Crippen LogP contribution >= 0.6 is 21.6 Å². The van der Waals surface area contributed by atoms with Gasteiger partial charge in [0, 0.05) is 5.25 Å². The zero-order chi connectivity index (χ0) is 7.11. The Morgan fingerprint density at radius 1 is 1.56 bits per heavy atom. The summed E-state index contributed by atoms with van der Waals surface area (Å²) in [6, 6.07) is 0. The van der Waals surface area contributed by atoms with E-state index in [0.29, 0.717) is 0 Å². The lowest BCUT2D eigenvalue weighted by molar-refractivity contribution is 0.912. The van der Waals surface area contributed by atoms with E-state index in [1.165, 1.54) is 6.42 Å². The molecule has 0 aromatic carbocycles. The van der Waals surface area contributed by atoms with Gasteiger partial charge in [0.05, 0.1) is 0 Å². The third-order valence-corrected chi connectivity index (χ3v) is 3.79. The van der Waals surface area contributed by atoms with Crippen molar-refractivity contribution in [2.75, 3.05) is 0 Å². The number of hydrogen-bond acceptors (Lipinski definition) is 2. The molecule has 0 saturated heterocycles. The summed E-state index contributed by atoms with van der Waals surface area (Å²) in [5.41, 5.74) is 0. The number of hydrogen-bond donors (Lipinski definition) is 0. The third-order valence-electron chi connectivity index (χ3n) is 0.986. The summed E-state index contributed by atoms with van der Waals surface area (Å²) in [6.45, 7) is 6.51. The van der Waals surface area contributed by atoms with Crippen LogP contribution in [-0.2, 0) is 0 Å². The first kappa shape index (κ1) is 9.44. The van der Waals surface area contributed by atoms with Crippen molar-refractivity contribution in [1.29, 1.82) is 0 Å². The Hall–Kier alpha value is 0.440. The van der Waals surface area contributed by atoms with Gasteiger partial charge in [-0.1, -0.05) is 41.5 Å². The maximum absolute atomic E-state index is 2.25. The largest absolute Gasteiger partial charge is 0.0864 e. The molecule has 0 rings (SSSR count). The smallest absolute Gasteiger partial charge is 0.0123 e. The van der Waals surface area contributed by atoms with E-state index in [-0.39, 0.29) is 0 Å². The van der Waals surface area contributed by atoms with Crippen LogP contribution < -0.4 is 0 Å². The van der Waals surface area contributed by atoms with Gasteiger partial charge in [-0.3, -0.25) is 0 Å². The predicted molar refractivity (Wildman–Crippen MR) is 49.7 cm³/mol. The van der Waals surface area contributed by atoms with Crippen LogP contribution in [0.3, 0.4) is 0 Å². The van der Waals surface area contributed by atoms with Gasteiger partial charge in [-0.15, -0.1) is 0 Å². The lowest BCUT2D eigenvalue weighted by Gasteiger charge is -2.02. The normalized spacial score (nSPS) is 14.6. The lowest BCUT2D eigenvalue weighted by Crippen LogP contribution is -1.86.